The Hall–Kier alpha value is -3.20. The Kier molecular flexibility index (Phi) is 12.0. The van der Waals surface area contributed by atoms with Crippen LogP contribution in [0.1, 0.15) is 97.2 Å². The second kappa shape index (κ2) is 15.4. The second-order valence-electron chi connectivity index (χ2n) is 11.1. The number of hydrogen-bond acceptors (Lipinski definition) is 2. The third-order valence-electron chi connectivity index (χ3n) is 8.27. The van der Waals surface area contributed by atoms with Gasteiger partial charge in [-0.25, -0.2) is 0 Å². The van der Waals surface area contributed by atoms with E-state index in [9.17, 15) is 0 Å². The van der Waals surface area contributed by atoms with Crippen LogP contribution in [-0.4, -0.2) is 15.2 Å². The summed E-state index contributed by atoms with van der Waals surface area (Å²) in [5, 5.41) is 7.39. The maximum atomic E-state index is 4.75. The minimum Gasteiger partial charge on any atom is -0.276 e. The summed E-state index contributed by atoms with van der Waals surface area (Å²) < 4.78 is 0. The van der Waals surface area contributed by atoms with Crippen molar-refractivity contribution in [2.24, 2.45) is 11.8 Å². The quantitative estimate of drug-likeness (QED) is 0.248. The van der Waals surface area contributed by atoms with E-state index >= 15 is 0 Å². The summed E-state index contributed by atoms with van der Waals surface area (Å²) in [5.74, 6) is 1.49. The largest absolute Gasteiger partial charge is 0.276 e. The molecule has 0 radical (unpaired) electrons. The Morgan fingerprint density at radius 3 is 2.49 bits per heavy atom. The lowest BCUT2D eigenvalue weighted by atomic mass is 9.86. The molecule has 39 heavy (non-hydrogen) atoms. The predicted octanol–water partition coefficient (Wildman–Crippen LogP) is 10.4. The first-order valence-corrected chi connectivity index (χ1v) is 14.9. The van der Waals surface area contributed by atoms with Gasteiger partial charge in [0.15, 0.2) is 0 Å². The van der Waals surface area contributed by atoms with E-state index in [0.717, 1.165) is 46.1 Å². The number of nitrogens with zero attached hydrogens (tertiary/aromatic N) is 2. The Bertz CT molecular complexity index is 1230. The number of H-pyrrole nitrogens is 1. The van der Waals surface area contributed by atoms with Gasteiger partial charge in [-0.2, -0.15) is 5.10 Å². The van der Waals surface area contributed by atoms with Gasteiger partial charge >= 0.3 is 0 Å². The molecule has 1 N–H and O–H groups in total. The van der Waals surface area contributed by atoms with Crippen molar-refractivity contribution < 1.29 is 0 Å². The fraction of sp³-hybridized carbons (Fsp3) is 0.444. The van der Waals surface area contributed by atoms with E-state index < -0.39 is 0 Å². The van der Waals surface area contributed by atoms with Crippen LogP contribution in [0.5, 0.6) is 0 Å². The lowest BCUT2D eigenvalue weighted by Crippen LogP contribution is -2.04. The van der Waals surface area contributed by atoms with E-state index in [1.807, 2.05) is 30.5 Å². The number of pyridine rings is 1. The molecule has 208 valence electrons. The van der Waals surface area contributed by atoms with Crippen molar-refractivity contribution >= 4 is 5.57 Å². The van der Waals surface area contributed by atoms with Crippen molar-refractivity contribution in [1.29, 1.82) is 0 Å². The summed E-state index contributed by atoms with van der Waals surface area (Å²) in [6, 6.07) is 6.10. The molecular formula is C36H49N3. The van der Waals surface area contributed by atoms with Crippen LogP contribution in [0.2, 0.25) is 0 Å². The highest BCUT2D eigenvalue weighted by Crippen LogP contribution is 2.33. The van der Waals surface area contributed by atoms with Crippen molar-refractivity contribution in [3.63, 3.8) is 0 Å². The average Bonchev–Trinajstić information content (AvgIpc) is 3.48. The monoisotopic (exact) mass is 523 g/mol. The van der Waals surface area contributed by atoms with Crippen LogP contribution in [0.25, 0.3) is 17.0 Å². The summed E-state index contributed by atoms with van der Waals surface area (Å²) >= 11 is 0. The highest BCUT2D eigenvalue weighted by Gasteiger charge is 2.18. The molecule has 2 unspecified atom stereocenters. The van der Waals surface area contributed by atoms with Crippen molar-refractivity contribution in [1.82, 2.24) is 15.2 Å². The van der Waals surface area contributed by atoms with E-state index in [1.54, 1.807) is 5.57 Å². The summed E-state index contributed by atoms with van der Waals surface area (Å²) in [7, 11) is 0. The average molecular weight is 524 g/mol. The SMILES string of the molecule is C=C(/C=C\C(=C)c1cn[nH]c1-c1cccc(CC)n1)/C(C)=C\C(=C/C)C1CCCCC(C/C(C)=C/C)CCC1. The Balaban J connectivity index is 1.65. The summed E-state index contributed by atoms with van der Waals surface area (Å²) in [6.07, 6.45) is 24.4. The van der Waals surface area contributed by atoms with Crippen LogP contribution >= 0.6 is 0 Å². The van der Waals surface area contributed by atoms with E-state index in [-0.39, 0.29) is 0 Å². The molecule has 3 nitrogen and oxygen atoms in total. The Morgan fingerprint density at radius 1 is 1.00 bits per heavy atom. The van der Waals surface area contributed by atoms with E-state index in [0.29, 0.717) is 5.92 Å². The highest BCUT2D eigenvalue weighted by molar-refractivity contribution is 5.81. The molecular weight excluding hydrogens is 474 g/mol. The summed E-state index contributed by atoms with van der Waals surface area (Å²) in [4.78, 5) is 4.75. The number of hydrogen-bond donors (Lipinski definition) is 1. The van der Waals surface area contributed by atoms with Crippen molar-refractivity contribution in [2.75, 3.05) is 0 Å². The fourth-order valence-electron chi connectivity index (χ4n) is 5.62. The zero-order chi connectivity index (χ0) is 28.2. The normalized spacial score (nSPS) is 20.0. The van der Waals surface area contributed by atoms with Gasteiger partial charge in [0, 0.05) is 11.3 Å². The van der Waals surface area contributed by atoms with Crippen LogP contribution in [0.4, 0.5) is 0 Å². The number of aryl methyl sites for hydroxylation is 1. The lowest BCUT2D eigenvalue weighted by Gasteiger charge is -2.19. The van der Waals surface area contributed by atoms with Crippen LogP contribution in [0, 0.1) is 11.8 Å². The maximum Gasteiger partial charge on any atom is 0.0912 e. The summed E-state index contributed by atoms with van der Waals surface area (Å²) in [6.45, 7) is 19.6. The van der Waals surface area contributed by atoms with Gasteiger partial charge in [-0.05, 0) is 99.6 Å². The Morgan fingerprint density at radius 2 is 1.74 bits per heavy atom. The third-order valence-corrected chi connectivity index (χ3v) is 8.27. The van der Waals surface area contributed by atoms with Crippen molar-refractivity contribution in [2.45, 2.75) is 92.4 Å². The molecule has 3 heteroatoms. The third kappa shape index (κ3) is 8.92. The maximum absolute atomic E-state index is 4.75. The molecule has 1 fully saturated rings. The van der Waals surface area contributed by atoms with Crippen LogP contribution in [-0.2, 0) is 6.42 Å². The molecule has 0 aliphatic heterocycles. The predicted molar refractivity (Wildman–Crippen MR) is 169 cm³/mol. The van der Waals surface area contributed by atoms with Gasteiger partial charge in [-0.15, -0.1) is 0 Å². The van der Waals surface area contributed by atoms with Crippen molar-refractivity contribution in [3.05, 3.63) is 101 Å². The second-order valence-corrected chi connectivity index (χ2v) is 11.1. The number of aromatic nitrogens is 3. The molecule has 2 heterocycles. The summed E-state index contributed by atoms with van der Waals surface area (Å²) in [5.41, 5.74) is 9.93. The van der Waals surface area contributed by atoms with Gasteiger partial charge in [0.25, 0.3) is 0 Å². The molecule has 0 bridgehead atoms. The molecule has 0 spiro atoms. The minimum absolute atomic E-state index is 0.637. The lowest BCUT2D eigenvalue weighted by molar-refractivity contribution is 0.420. The molecule has 1 saturated carbocycles. The van der Waals surface area contributed by atoms with Crippen LogP contribution in [0.15, 0.2) is 90.2 Å². The van der Waals surface area contributed by atoms with Crippen LogP contribution < -0.4 is 0 Å². The number of allylic oxidation sites excluding steroid dienone is 10. The van der Waals surface area contributed by atoms with Gasteiger partial charge in [0.1, 0.15) is 0 Å². The van der Waals surface area contributed by atoms with Crippen molar-refractivity contribution in [3.8, 4) is 11.4 Å². The number of nitrogens with one attached hydrogen (secondary N) is 1. The first-order valence-electron chi connectivity index (χ1n) is 14.9. The molecule has 3 rings (SSSR count). The zero-order valence-corrected chi connectivity index (χ0v) is 25.0. The van der Waals surface area contributed by atoms with E-state index in [2.05, 4.69) is 82.3 Å². The standard InChI is InChI=1S/C36H49N3/c1-8-26(4)23-30-15-11-12-17-32(18-13-16-30)31(9-2)24-29(7)27(5)21-22-28(6)34-25-37-39-36(34)35-20-14-19-33(10-3)38-35/h8-9,14,19-22,24-25,30,32H,5-6,10-13,15-18,23H2,1-4,7H3,(H,37,39)/b22-21-,26-8+,29-24-,31-9+. The van der Waals surface area contributed by atoms with E-state index in [1.165, 1.54) is 62.5 Å². The molecule has 0 amide bonds. The molecule has 2 aromatic rings. The molecule has 0 saturated heterocycles. The first-order chi connectivity index (χ1) is 18.9. The molecule has 2 atom stereocenters. The highest BCUT2D eigenvalue weighted by atomic mass is 15.1. The van der Waals surface area contributed by atoms with Crippen LogP contribution in [0.3, 0.4) is 0 Å². The van der Waals surface area contributed by atoms with Gasteiger partial charge in [-0.1, -0.05) is 94.2 Å². The van der Waals surface area contributed by atoms with Gasteiger partial charge in [0.05, 0.1) is 17.6 Å². The van der Waals surface area contributed by atoms with E-state index in [4.69, 9.17) is 4.98 Å². The number of rotatable bonds is 10. The molecule has 1 aliphatic carbocycles. The molecule has 1 aliphatic rings. The van der Waals surface area contributed by atoms with Gasteiger partial charge in [0.2, 0.25) is 0 Å². The topological polar surface area (TPSA) is 41.6 Å². The molecule has 2 aromatic heterocycles. The first kappa shape index (κ1) is 30.3. The molecule has 0 aromatic carbocycles. The smallest absolute Gasteiger partial charge is 0.0912 e. The zero-order valence-electron chi connectivity index (χ0n) is 25.0. The fourth-order valence-corrected chi connectivity index (χ4v) is 5.62. The Labute approximate surface area is 237 Å². The van der Waals surface area contributed by atoms with Gasteiger partial charge < -0.3 is 0 Å². The minimum atomic E-state index is 0.637. The van der Waals surface area contributed by atoms with Gasteiger partial charge in [-0.3, -0.25) is 10.1 Å². The number of aromatic amines is 1.